The number of allylic oxidation sites excluding steroid dienone is 2. The number of aliphatic carboxylic acids is 1. The van der Waals surface area contributed by atoms with Crippen LogP contribution >= 0.6 is 0 Å². The van der Waals surface area contributed by atoms with Crippen molar-refractivity contribution >= 4 is 35.2 Å². The highest BCUT2D eigenvalue weighted by atomic mass is 19.1. The molecule has 11 nitrogen and oxygen atoms in total. The summed E-state index contributed by atoms with van der Waals surface area (Å²) in [6.07, 6.45) is 3.00. The molecule has 2 aromatic rings. The molecule has 0 aromatic heterocycles. The van der Waals surface area contributed by atoms with Crippen molar-refractivity contribution < 1.29 is 52.4 Å². The van der Waals surface area contributed by atoms with Gasteiger partial charge in [0.05, 0.1) is 35.1 Å². The number of esters is 2. The number of rotatable bonds is 4. The zero-order valence-electron chi connectivity index (χ0n) is 24.6. The zero-order chi connectivity index (χ0) is 32.9. The van der Waals surface area contributed by atoms with E-state index in [-0.39, 0.29) is 45.0 Å². The molecular formula is C34H22FNO10. The Balaban J connectivity index is 1.59. The summed E-state index contributed by atoms with van der Waals surface area (Å²) in [7, 11) is 1.32. The summed E-state index contributed by atoms with van der Waals surface area (Å²) in [4.78, 5) is 65.5. The number of ether oxygens (including phenoxy) is 4. The Kier molecular flexibility index (Phi) is 6.08. The van der Waals surface area contributed by atoms with Gasteiger partial charge in [-0.15, -0.1) is 0 Å². The number of anilines is 1. The van der Waals surface area contributed by atoms with Crippen molar-refractivity contribution in [3.63, 3.8) is 0 Å². The highest BCUT2D eigenvalue weighted by Gasteiger charge is 2.85. The second-order valence-electron chi connectivity index (χ2n) is 11.3. The molecule has 3 aliphatic carbocycles. The minimum Gasteiger partial charge on any atom is -0.499 e. The number of hydrogen-bond donors (Lipinski definition) is 2. The fourth-order valence-corrected chi connectivity index (χ4v) is 7.35. The SMILES string of the molecule is COC1=C(C(=O)O)[C@H](C)[C@@]23O[C@]24c2cc(OC(C)=O)c5c(c2N[C@H]3C#C/C=C\C#C[C@H]14)C(=O)c1c(OC(C)=O)cc(F)cc1C5=O. The molecule has 2 N–H and O–H groups in total. The summed E-state index contributed by atoms with van der Waals surface area (Å²) in [6.45, 7) is 3.83. The second kappa shape index (κ2) is 9.64. The van der Waals surface area contributed by atoms with E-state index < -0.39 is 75.7 Å². The molecule has 4 bridgehead atoms. The molecule has 5 atom stereocenters. The number of nitrogens with one attached hydrogen (secondary N) is 1. The highest BCUT2D eigenvalue weighted by molar-refractivity contribution is 6.32. The smallest absolute Gasteiger partial charge is 0.335 e. The molecule has 12 heteroatoms. The molecular weight excluding hydrogens is 601 g/mol. The minimum atomic E-state index is -1.50. The third-order valence-corrected chi connectivity index (χ3v) is 8.94. The van der Waals surface area contributed by atoms with Gasteiger partial charge in [-0.25, -0.2) is 9.18 Å². The molecule has 0 saturated carbocycles. The van der Waals surface area contributed by atoms with Crippen molar-refractivity contribution in [1.29, 1.82) is 0 Å². The quantitative estimate of drug-likeness (QED) is 0.191. The maximum absolute atomic E-state index is 14.7. The van der Waals surface area contributed by atoms with Crippen LogP contribution in [0.15, 0.2) is 41.7 Å². The Morgan fingerprint density at radius 3 is 2.24 bits per heavy atom. The number of hydrogen-bond acceptors (Lipinski definition) is 10. The number of epoxide rings is 1. The van der Waals surface area contributed by atoms with Crippen LogP contribution in [0.5, 0.6) is 11.5 Å². The monoisotopic (exact) mass is 623 g/mol. The Hall–Kier alpha value is -5.72. The van der Waals surface area contributed by atoms with Crippen LogP contribution in [0.2, 0.25) is 0 Å². The lowest BCUT2D eigenvalue weighted by molar-refractivity contribution is -0.134. The van der Waals surface area contributed by atoms with Gasteiger partial charge in [0.1, 0.15) is 46.2 Å². The van der Waals surface area contributed by atoms with Gasteiger partial charge in [-0.3, -0.25) is 19.2 Å². The zero-order valence-corrected chi connectivity index (χ0v) is 24.6. The molecule has 0 unspecified atom stereocenters. The number of benzene rings is 2. The largest absolute Gasteiger partial charge is 0.499 e. The number of fused-ring (bicyclic) bond motifs is 4. The molecule has 1 fully saturated rings. The molecule has 5 aliphatic rings. The van der Waals surface area contributed by atoms with Gasteiger partial charge in [-0.2, -0.15) is 0 Å². The number of carbonyl (C=O) groups is 5. The summed E-state index contributed by atoms with van der Waals surface area (Å²) in [5.74, 6) is 3.67. The average molecular weight is 624 g/mol. The minimum absolute atomic E-state index is 0.0290. The van der Waals surface area contributed by atoms with Crippen LogP contribution in [-0.2, 0) is 29.5 Å². The molecule has 230 valence electrons. The van der Waals surface area contributed by atoms with Crippen molar-refractivity contribution in [3.8, 4) is 35.2 Å². The summed E-state index contributed by atoms with van der Waals surface area (Å²) in [6, 6.07) is 2.08. The second-order valence-corrected chi connectivity index (χ2v) is 11.3. The van der Waals surface area contributed by atoms with Crippen LogP contribution in [-0.4, -0.2) is 53.3 Å². The van der Waals surface area contributed by atoms with Crippen LogP contribution in [0.4, 0.5) is 10.1 Å². The first-order valence-electron chi connectivity index (χ1n) is 14.0. The Bertz CT molecular complexity index is 2090. The lowest BCUT2D eigenvalue weighted by Crippen LogP contribution is -2.55. The standard InChI is InChI=1S/C34H22FNO10/c1-14-24(32(41)42)31(43-4)19-9-7-5-6-8-10-23-33(14)34(19,46-33)20-13-22(45-16(3)38)26-27(28(20)36-23)30(40)25-18(29(26)39)11-17(35)12-21(25)44-15(2)37/h5-6,11-14,19,23,36H,1-4H3,(H,41,42)/b6-5-/t14-,19+,23-,33-,34+/m0/s1. The van der Waals surface area contributed by atoms with Crippen molar-refractivity contribution in [2.45, 2.75) is 38.0 Å². The molecule has 0 amide bonds. The maximum atomic E-state index is 14.7. The third-order valence-electron chi connectivity index (χ3n) is 8.94. The van der Waals surface area contributed by atoms with Gasteiger partial charge in [0.25, 0.3) is 0 Å². The number of carboxylic acid groups (broad SMARTS) is 1. The van der Waals surface area contributed by atoms with Crippen LogP contribution < -0.4 is 14.8 Å². The lowest BCUT2D eigenvalue weighted by Gasteiger charge is -2.43. The maximum Gasteiger partial charge on any atom is 0.335 e. The van der Waals surface area contributed by atoms with Crippen LogP contribution in [0.1, 0.15) is 58.2 Å². The molecule has 2 aliphatic heterocycles. The lowest BCUT2D eigenvalue weighted by atomic mass is 9.59. The van der Waals surface area contributed by atoms with Crippen molar-refractivity contribution in [2.24, 2.45) is 11.8 Å². The molecule has 7 rings (SSSR count). The Morgan fingerprint density at radius 2 is 1.61 bits per heavy atom. The first-order chi connectivity index (χ1) is 21.9. The van der Waals surface area contributed by atoms with Crippen molar-refractivity contribution in [1.82, 2.24) is 0 Å². The predicted molar refractivity (Wildman–Crippen MR) is 154 cm³/mol. The normalized spacial score (nSPS) is 27.8. The van der Waals surface area contributed by atoms with Gasteiger partial charge in [0.15, 0.2) is 5.78 Å². The summed E-state index contributed by atoms with van der Waals surface area (Å²) in [5, 5.41) is 13.5. The van der Waals surface area contributed by atoms with Crippen LogP contribution in [0.25, 0.3) is 0 Å². The van der Waals surface area contributed by atoms with Gasteiger partial charge in [-0.1, -0.05) is 30.6 Å². The fraction of sp³-hybridized carbons (Fsp3) is 0.265. The van der Waals surface area contributed by atoms with Gasteiger partial charge < -0.3 is 29.4 Å². The molecule has 0 spiro atoms. The third kappa shape index (κ3) is 3.56. The van der Waals surface area contributed by atoms with E-state index in [1.165, 1.54) is 25.3 Å². The number of methoxy groups -OCH3 is 1. The molecule has 2 heterocycles. The first-order valence-corrected chi connectivity index (χ1v) is 14.0. The van der Waals surface area contributed by atoms with Gasteiger partial charge in [-0.05, 0) is 24.3 Å². The molecule has 0 radical (unpaired) electrons. The van der Waals surface area contributed by atoms with Gasteiger partial charge >= 0.3 is 17.9 Å². The van der Waals surface area contributed by atoms with Crippen molar-refractivity contribution in [3.05, 3.63) is 75.3 Å². The number of carboxylic acids is 1. The first kappa shape index (κ1) is 29.0. The van der Waals surface area contributed by atoms with E-state index in [0.29, 0.717) is 0 Å². The van der Waals surface area contributed by atoms with E-state index in [1.807, 2.05) is 0 Å². The molecule has 46 heavy (non-hydrogen) atoms. The molecule has 2 aromatic carbocycles. The van der Waals surface area contributed by atoms with E-state index in [9.17, 15) is 33.5 Å². The van der Waals surface area contributed by atoms with Crippen LogP contribution in [0.3, 0.4) is 0 Å². The van der Waals surface area contributed by atoms with Crippen LogP contribution in [0, 0.1) is 41.3 Å². The van der Waals surface area contributed by atoms with E-state index >= 15 is 0 Å². The molecule has 1 saturated heterocycles. The summed E-state index contributed by atoms with van der Waals surface area (Å²) in [5.41, 5.74) is -3.95. The topological polar surface area (TPSA) is 158 Å². The van der Waals surface area contributed by atoms with E-state index in [0.717, 1.165) is 26.0 Å². The van der Waals surface area contributed by atoms with E-state index in [4.69, 9.17) is 18.9 Å². The highest BCUT2D eigenvalue weighted by Crippen LogP contribution is 2.74. The average Bonchev–Trinajstić information content (AvgIpc) is 3.70. The summed E-state index contributed by atoms with van der Waals surface area (Å²) >= 11 is 0. The van der Waals surface area contributed by atoms with Gasteiger partial charge in [0.2, 0.25) is 5.78 Å². The number of halogens is 1. The Labute approximate surface area is 260 Å². The summed E-state index contributed by atoms with van der Waals surface area (Å²) < 4.78 is 37.7. The van der Waals surface area contributed by atoms with Crippen molar-refractivity contribution in [2.75, 3.05) is 12.4 Å². The van der Waals surface area contributed by atoms with Gasteiger partial charge in [0, 0.05) is 37.0 Å². The Morgan fingerprint density at radius 1 is 0.957 bits per heavy atom. The van der Waals surface area contributed by atoms with E-state index in [1.54, 1.807) is 6.92 Å². The van der Waals surface area contributed by atoms with E-state index in [2.05, 4.69) is 29.0 Å². The fourth-order valence-electron chi connectivity index (χ4n) is 7.35. The number of ketones is 2. The predicted octanol–water partition coefficient (Wildman–Crippen LogP) is 3.04. The number of carbonyl (C=O) groups excluding carboxylic acids is 4.